The zero-order valence-electron chi connectivity index (χ0n) is 26.2. The van der Waals surface area contributed by atoms with Gasteiger partial charge in [0.05, 0.1) is 34.8 Å². The molecule has 0 aliphatic rings. The summed E-state index contributed by atoms with van der Waals surface area (Å²) in [5.74, 6) is 0.552. The van der Waals surface area contributed by atoms with E-state index >= 15 is 0 Å². The first-order valence-electron chi connectivity index (χ1n) is 15.9. The second-order valence-electron chi connectivity index (χ2n) is 12.0. The molecule has 0 aliphatic carbocycles. The topological polar surface area (TPSA) is 69.4 Å². The van der Waals surface area contributed by atoms with Crippen molar-refractivity contribution in [3.05, 3.63) is 146 Å². The lowest BCUT2D eigenvalue weighted by atomic mass is 9.42. The average Bonchev–Trinajstić information content (AvgIpc) is 3.48. The normalized spacial score (nSPS) is 11.2. The Hall–Kier alpha value is -5.88. The molecule has 6 nitrogen and oxygen atoms in total. The van der Waals surface area contributed by atoms with Gasteiger partial charge in [-0.3, -0.25) is 14.5 Å². The van der Waals surface area contributed by atoms with Crippen LogP contribution in [0.2, 0.25) is 13.6 Å². The lowest BCUT2D eigenvalue weighted by Gasteiger charge is -2.13. The molecule has 47 heavy (non-hydrogen) atoms. The van der Waals surface area contributed by atoms with E-state index < -0.39 is 0 Å². The summed E-state index contributed by atoms with van der Waals surface area (Å²) in [6, 6.07) is 42.9. The van der Waals surface area contributed by atoms with E-state index in [1.54, 1.807) is 12.4 Å². The molecule has 0 fully saturated rings. The van der Waals surface area contributed by atoms with Crippen LogP contribution in [0.3, 0.4) is 0 Å². The summed E-state index contributed by atoms with van der Waals surface area (Å²) in [7, 11) is 0. The van der Waals surface area contributed by atoms with Crippen LogP contribution in [0, 0.1) is 0 Å². The van der Waals surface area contributed by atoms with Crippen molar-refractivity contribution in [3.8, 4) is 28.5 Å². The van der Waals surface area contributed by atoms with Crippen LogP contribution < -0.4 is 21.9 Å². The van der Waals surface area contributed by atoms with Crippen LogP contribution in [-0.2, 0) is 0 Å². The molecule has 0 bridgehead atoms. The molecule has 0 amide bonds. The highest BCUT2D eigenvalue weighted by Gasteiger charge is 2.21. The minimum Gasteiger partial charge on any atom is -0.277 e. The van der Waals surface area contributed by atoms with Crippen molar-refractivity contribution in [1.29, 1.82) is 0 Å². The van der Waals surface area contributed by atoms with Crippen molar-refractivity contribution >= 4 is 57.1 Å². The summed E-state index contributed by atoms with van der Waals surface area (Å²) in [5.41, 5.74) is 11.2. The summed E-state index contributed by atoms with van der Waals surface area (Å²) < 4.78 is 2.15. The fourth-order valence-electron chi connectivity index (χ4n) is 6.54. The van der Waals surface area contributed by atoms with Gasteiger partial charge in [0, 0.05) is 23.2 Å². The van der Waals surface area contributed by atoms with Gasteiger partial charge >= 0.3 is 0 Å². The van der Waals surface area contributed by atoms with Gasteiger partial charge in [-0.15, -0.1) is 5.10 Å². The van der Waals surface area contributed by atoms with Gasteiger partial charge in [-0.05, 0) is 47.5 Å². The zero-order valence-corrected chi connectivity index (χ0v) is 26.2. The third-order valence-electron chi connectivity index (χ3n) is 9.18. The SMILES string of the molecule is CB(c1cccc(-c2ccccn2)c1)c1ccc2c3ccc(B(C)c4cccc(-c5ccccn5)c4)cc3n(-c3nccnn3)c2c1. The Labute approximate surface area is 274 Å². The van der Waals surface area contributed by atoms with E-state index in [9.17, 15) is 0 Å². The van der Waals surface area contributed by atoms with Crippen LogP contribution in [0.15, 0.2) is 146 Å². The highest BCUT2D eigenvalue weighted by atomic mass is 15.3. The standard InChI is InChI=1S/C39H30B2N6/c1-40(29-11-7-9-27(23-29)35-13-3-5-19-42-35)31-15-17-33-34-18-16-32(26-38(34)47(37(33)25-31)39-44-21-22-45-46-39)41(2)30-12-8-10-28(24-30)36-14-4-6-20-43-36/h3-26H,1-2H3. The first-order chi connectivity index (χ1) is 23.1. The van der Waals surface area contributed by atoms with Gasteiger partial charge in [0.2, 0.25) is 13.4 Å². The number of rotatable bonds is 7. The van der Waals surface area contributed by atoms with E-state index in [1.807, 2.05) is 36.7 Å². The molecule has 4 heterocycles. The molecule has 8 heteroatoms. The molecular weight excluding hydrogens is 574 g/mol. The van der Waals surface area contributed by atoms with Gasteiger partial charge in [-0.1, -0.05) is 120 Å². The van der Waals surface area contributed by atoms with Gasteiger partial charge in [-0.2, -0.15) is 5.10 Å². The van der Waals surface area contributed by atoms with E-state index in [1.165, 1.54) is 21.9 Å². The molecule has 0 aliphatic heterocycles. The number of benzene rings is 4. The minimum atomic E-state index is 0.159. The third kappa shape index (κ3) is 5.38. The summed E-state index contributed by atoms with van der Waals surface area (Å²) in [4.78, 5) is 13.8. The molecule has 0 unspecified atom stereocenters. The van der Waals surface area contributed by atoms with E-state index in [2.05, 4.69) is 140 Å². The van der Waals surface area contributed by atoms with Crippen LogP contribution in [0.1, 0.15) is 0 Å². The Balaban J connectivity index is 1.23. The zero-order chi connectivity index (χ0) is 31.7. The van der Waals surface area contributed by atoms with Crippen LogP contribution in [0.5, 0.6) is 0 Å². The molecular formula is C39H30B2N6. The fourth-order valence-corrected chi connectivity index (χ4v) is 6.54. The van der Waals surface area contributed by atoms with Crippen LogP contribution in [0.4, 0.5) is 0 Å². The van der Waals surface area contributed by atoms with Gasteiger partial charge in [0.25, 0.3) is 5.95 Å². The second-order valence-corrected chi connectivity index (χ2v) is 12.0. The van der Waals surface area contributed by atoms with Crippen molar-refractivity contribution in [3.63, 3.8) is 0 Å². The Morgan fingerprint density at radius 2 is 1.00 bits per heavy atom. The van der Waals surface area contributed by atoms with Crippen LogP contribution in [-0.4, -0.2) is 43.1 Å². The summed E-state index contributed by atoms with van der Waals surface area (Å²) in [6.45, 7) is 4.83. The monoisotopic (exact) mass is 604 g/mol. The predicted octanol–water partition coefficient (Wildman–Crippen LogP) is 5.57. The number of aromatic nitrogens is 6. The van der Waals surface area contributed by atoms with E-state index in [0.29, 0.717) is 5.95 Å². The van der Waals surface area contributed by atoms with E-state index in [-0.39, 0.29) is 13.4 Å². The molecule has 222 valence electrons. The molecule has 0 radical (unpaired) electrons. The maximum absolute atomic E-state index is 4.65. The highest BCUT2D eigenvalue weighted by molar-refractivity contribution is 6.84. The summed E-state index contributed by atoms with van der Waals surface area (Å²) >= 11 is 0. The Bertz CT molecular complexity index is 2200. The maximum Gasteiger partial charge on any atom is 0.254 e. The third-order valence-corrected chi connectivity index (χ3v) is 9.18. The smallest absolute Gasteiger partial charge is 0.254 e. The fraction of sp³-hybridized carbons (Fsp3) is 0.0513. The molecule has 0 saturated carbocycles. The van der Waals surface area contributed by atoms with Gasteiger partial charge < -0.3 is 0 Å². The number of hydrogen-bond donors (Lipinski definition) is 0. The number of fused-ring (bicyclic) bond motifs is 3. The first-order valence-corrected chi connectivity index (χ1v) is 15.9. The quantitative estimate of drug-likeness (QED) is 0.223. The predicted molar refractivity (Wildman–Crippen MR) is 195 cm³/mol. The average molecular weight is 604 g/mol. The van der Waals surface area contributed by atoms with Gasteiger partial charge in [0.1, 0.15) is 0 Å². The Kier molecular flexibility index (Phi) is 7.38. The molecule has 4 aromatic carbocycles. The first kappa shape index (κ1) is 28.6. The van der Waals surface area contributed by atoms with Crippen LogP contribution in [0.25, 0.3) is 50.3 Å². The molecule has 0 N–H and O–H groups in total. The maximum atomic E-state index is 4.65. The summed E-state index contributed by atoms with van der Waals surface area (Å²) in [6.07, 6.45) is 6.99. The lowest BCUT2D eigenvalue weighted by Crippen LogP contribution is -2.39. The van der Waals surface area contributed by atoms with Crippen molar-refractivity contribution < 1.29 is 0 Å². The van der Waals surface area contributed by atoms with Gasteiger partial charge in [0.15, 0.2) is 0 Å². The van der Waals surface area contributed by atoms with Crippen molar-refractivity contribution in [2.24, 2.45) is 0 Å². The lowest BCUT2D eigenvalue weighted by molar-refractivity contribution is 0.888. The number of pyridine rings is 2. The Morgan fingerprint density at radius 1 is 0.468 bits per heavy atom. The summed E-state index contributed by atoms with van der Waals surface area (Å²) in [5, 5.41) is 11.0. The molecule has 0 atom stereocenters. The number of nitrogens with zero attached hydrogens (tertiary/aromatic N) is 6. The minimum absolute atomic E-state index is 0.159. The molecule has 0 spiro atoms. The van der Waals surface area contributed by atoms with Crippen molar-refractivity contribution in [2.45, 2.75) is 13.6 Å². The molecule has 8 rings (SSSR count). The van der Waals surface area contributed by atoms with E-state index in [4.69, 9.17) is 0 Å². The van der Waals surface area contributed by atoms with E-state index in [0.717, 1.165) is 44.3 Å². The second kappa shape index (κ2) is 12.1. The van der Waals surface area contributed by atoms with Crippen LogP contribution >= 0.6 is 0 Å². The highest BCUT2D eigenvalue weighted by Crippen LogP contribution is 2.30. The van der Waals surface area contributed by atoms with Gasteiger partial charge in [-0.25, -0.2) is 4.98 Å². The van der Waals surface area contributed by atoms with Crippen molar-refractivity contribution in [2.75, 3.05) is 0 Å². The largest absolute Gasteiger partial charge is 0.277 e. The molecule has 0 saturated heterocycles. The van der Waals surface area contributed by atoms with Crippen molar-refractivity contribution in [1.82, 2.24) is 29.7 Å². The number of hydrogen-bond acceptors (Lipinski definition) is 5. The molecule has 4 aromatic heterocycles. The molecule has 8 aromatic rings. The Morgan fingerprint density at radius 3 is 1.47 bits per heavy atom.